The van der Waals surface area contributed by atoms with Gasteiger partial charge in [0.25, 0.3) is 0 Å². The maximum absolute atomic E-state index is 13.3. The largest absolute Gasteiger partial charge is 0.452 e. The molecule has 12 heteroatoms. The van der Waals surface area contributed by atoms with Gasteiger partial charge >= 0.3 is 6.18 Å². The average Bonchev–Trinajstić information content (AvgIpc) is 3.50. The number of ether oxygens (including phenoxy) is 1. The standard InChI is InChI=1S/C22H21F3N6O2S/c1-11-17(4-3-7-26-11)33-18-8-13(22(23,24)25)10-27-20(18)29-21-28-19(30-34-21)15-9-14-5-6-16(15)31(14)12(2)32/h3-4,7-8,10,14-16H,5-6,9H2,1-2H3,(H,27,28,29,30). The zero-order chi connectivity index (χ0) is 24.0. The molecule has 178 valence electrons. The number of fused-ring (bicyclic) bond motifs is 2. The van der Waals surface area contributed by atoms with Crippen LogP contribution >= 0.6 is 11.5 Å². The van der Waals surface area contributed by atoms with Crippen LogP contribution in [0.15, 0.2) is 30.6 Å². The zero-order valence-electron chi connectivity index (χ0n) is 18.3. The van der Waals surface area contributed by atoms with Crippen LogP contribution in [0.4, 0.5) is 24.1 Å². The van der Waals surface area contributed by atoms with Gasteiger partial charge < -0.3 is 15.0 Å². The molecule has 5 rings (SSSR count). The smallest absolute Gasteiger partial charge is 0.418 e. The number of hydrogen-bond acceptors (Lipinski definition) is 8. The normalized spacial score (nSPS) is 21.7. The number of nitrogens with one attached hydrogen (secondary N) is 1. The Morgan fingerprint density at radius 1 is 1.26 bits per heavy atom. The molecule has 5 heterocycles. The third kappa shape index (κ3) is 4.17. The predicted octanol–water partition coefficient (Wildman–Crippen LogP) is 5.06. The Morgan fingerprint density at radius 3 is 2.79 bits per heavy atom. The lowest BCUT2D eigenvalue weighted by Gasteiger charge is -2.21. The Morgan fingerprint density at radius 2 is 2.09 bits per heavy atom. The number of anilines is 2. The van der Waals surface area contributed by atoms with E-state index >= 15 is 0 Å². The minimum atomic E-state index is -4.58. The summed E-state index contributed by atoms with van der Waals surface area (Å²) in [4.78, 5) is 26.6. The van der Waals surface area contributed by atoms with Gasteiger partial charge in [0.05, 0.1) is 11.3 Å². The number of aryl methyl sites for hydroxylation is 1. The first kappa shape index (κ1) is 22.5. The highest BCUT2D eigenvalue weighted by atomic mass is 32.1. The van der Waals surface area contributed by atoms with E-state index in [1.54, 1.807) is 32.2 Å². The second-order valence-electron chi connectivity index (χ2n) is 8.41. The van der Waals surface area contributed by atoms with Crippen molar-refractivity contribution in [2.24, 2.45) is 0 Å². The lowest BCUT2D eigenvalue weighted by molar-refractivity contribution is -0.138. The van der Waals surface area contributed by atoms with Crippen LogP contribution < -0.4 is 10.1 Å². The Bertz CT molecular complexity index is 1230. The molecule has 34 heavy (non-hydrogen) atoms. The molecule has 3 aromatic heterocycles. The molecule has 3 unspecified atom stereocenters. The van der Waals surface area contributed by atoms with Gasteiger partial charge in [-0.1, -0.05) is 0 Å². The predicted molar refractivity (Wildman–Crippen MR) is 118 cm³/mol. The van der Waals surface area contributed by atoms with Crippen molar-refractivity contribution in [2.75, 3.05) is 5.32 Å². The van der Waals surface area contributed by atoms with Gasteiger partial charge in [0, 0.05) is 48.9 Å². The van der Waals surface area contributed by atoms with Crippen molar-refractivity contribution < 1.29 is 22.7 Å². The van der Waals surface area contributed by atoms with Crippen molar-refractivity contribution in [3.05, 3.63) is 47.7 Å². The summed E-state index contributed by atoms with van der Waals surface area (Å²) in [6.07, 6.45) is 0.451. The van der Waals surface area contributed by atoms with Crippen LogP contribution in [0.1, 0.15) is 49.2 Å². The van der Waals surface area contributed by atoms with Crippen LogP contribution in [0.25, 0.3) is 0 Å². The fraction of sp³-hybridized carbons (Fsp3) is 0.409. The number of nitrogens with zero attached hydrogens (tertiary/aromatic N) is 5. The summed E-state index contributed by atoms with van der Waals surface area (Å²) in [5.74, 6) is 1.02. The maximum atomic E-state index is 13.3. The zero-order valence-corrected chi connectivity index (χ0v) is 19.2. The van der Waals surface area contributed by atoms with Crippen LogP contribution in [-0.2, 0) is 11.0 Å². The fourth-order valence-electron chi connectivity index (χ4n) is 4.76. The fourth-order valence-corrected chi connectivity index (χ4v) is 5.39. The van der Waals surface area contributed by atoms with Gasteiger partial charge in [-0.2, -0.15) is 17.5 Å². The summed E-state index contributed by atoms with van der Waals surface area (Å²) < 4.78 is 50.1. The molecule has 0 saturated carbocycles. The molecule has 0 aliphatic carbocycles. The molecule has 2 aliphatic rings. The van der Waals surface area contributed by atoms with Crippen molar-refractivity contribution in [2.45, 2.75) is 57.3 Å². The molecule has 0 aromatic carbocycles. The molecular weight excluding hydrogens is 469 g/mol. The highest BCUT2D eigenvalue weighted by Gasteiger charge is 2.49. The molecule has 2 aliphatic heterocycles. The lowest BCUT2D eigenvalue weighted by atomic mass is 9.89. The SMILES string of the molecule is CC(=O)N1C2CCC1C(c1nsc(Nc3ncc(C(F)(F)F)cc3Oc3cccnc3C)n1)C2. The van der Waals surface area contributed by atoms with Gasteiger partial charge in [0.2, 0.25) is 11.0 Å². The molecule has 2 bridgehead atoms. The summed E-state index contributed by atoms with van der Waals surface area (Å²) in [5.41, 5.74) is -0.408. The first-order chi connectivity index (χ1) is 16.2. The van der Waals surface area contributed by atoms with Gasteiger partial charge in [-0.25, -0.2) is 9.97 Å². The van der Waals surface area contributed by atoms with Gasteiger partial charge in [-0.15, -0.1) is 0 Å². The Kier molecular flexibility index (Phi) is 5.62. The molecule has 3 aromatic rings. The van der Waals surface area contributed by atoms with Gasteiger partial charge in [0.1, 0.15) is 11.6 Å². The number of halogens is 3. The van der Waals surface area contributed by atoms with E-state index in [0.29, 0.717) is 22.4 Å². The number of pyridine rings is 2. The second kappa shape index (κ2) is 8.49. The third-order valence-corrected chi connectivity index (χ3v) is 6.90. The number of carbonyl (C=O) groups excluding carboxylic acids is 1. The molecule has 1 amide bonds. The summed E-state index contributed by atoms with van der Waals surface area (Å²) in [6, 6.07) is 4.44. The molecule has 1 N–H and O–H groups in total. The Labute approximate surface area is 197 Å². The molecule has 0 spiro atoms. The van der Waals surface area contributed by atoms with Crippen LogP contribution in [0.3, 0.4) is 0 Å². The Balaban J connectivity index is 1.41. The van der Waals surface area contributed by atoms with E-state index in [-0.39, 0.29) is 35.5 Å². The van der Waals surface area contributed by atoms with E-state index in [9.17, 15) is 18.0 Å². The number of rotatable bonds is 5. The second-order valence-corrected chi connectivity index (χ2v) is 9.16. The van der Waals surface area contributed by atoms with E-state index in [4.69, 9.17) is 4.74 Å². The van der Waals surface area contributed by atoms with Crippen molar-refractivity contribution in [1.82, 2.24) is 24.2 Å². The minimum Gasteiger partial charge on any atom is -0.452 e. The van der Waals surface area contributed by atoms with E-state index in [0.717, 1.165) is 43.1 Å². The number of amides is 1. The first-order valence-corrected chi connectivity index (χ1v) is 11.5. The summed E-state index contributed by atoms with van der Waals surface area (Å²) >= 11 is 1.09. The van der Waals surface area contributed by atoms with Crippen LogP contribution in [-0.4, -0.2) is 42.2 Å². The average molecular weight is 491 g/mol. The van der Waals surface area contributed by atoms with Crippen molar-refractivity contribution in [3.8, 4) is 11.5 Å². The number of alkyl halides is 3. The Hall–Kier alpha value is -3.28. The van der Waals surface area contributed by atoms with Crippen molar-refractivity contribution in [1.29, 1.82) is 0 Å². The molecule has 0 radical (unpaired) electrons. The van der Waals surface area contributed by atoms with Crippen molar-refractivity contribution >= 4 is 28.4 Å². The van der Waals surface area contributed by atoms with Crippen molar-refractivity contribution in [3.63, 3.8) is 0 Å². The monoisotopic (exact) mass is 490 g/mol. The summed E-state index contributed by atoms with van der Waals surface area (Å²) in [7, 11) is 0. The van der Waals surface area contributed by atoms with E-state index < -0.39 is 11.7 Å². The highest BCUT2D eigenvalue weighted by molar-refractivity contribution is 7.09. The molecular formula is C22H21F3N6O2S. The highest BCUT2D eigenvalue weighted by Crippen LogP contribution is 2.46. The summed E-state index contributed by atoms with van der Waals surface area (Å²) in [6.45, 7) is 3.27. The van der Waals surface area contributed by atoms with Crippen LogP contribution in [0, 0.1) is 6.92 Å². The molecule has 2 saturated heterocycles. The van der Waals surface area contributed by atoms with E-state index in [1.807, 2.05) is 4.90 Å². The van der Waals surface area contributed by atoms with Gasteiger partial charge in [-0.3, -0.25) is 9.78 Å². The third-order valence-electron chi connectivity index (χ3n) is 6.26. The van der Waals surface area contributed by atoms with E-state index in [1.165, 1.54) is 0 Å². The summed E-state index contributed by atoms with van der Waals surface area (Å²) in [5, 5.41) is 3.33. The van der Waals surface area contributed by atoms with Crippen LogP contribution in [0.5, 0.6) is 11.5 Å². The molecule has 2 fully saturated rings. The number of aromatic nitrogens is 4. The van der Waals surface area contributed by atoms with Gasteiger partial charge in [0.15, 0.2) is 11.6 Å². The van der Waals surface area contributed by atoms with Gasteiger partial charge in [-0.05, 0) is 44.4 Å². The van der Waals surface area contributed by atoms with E-state index in [2.05, 4.69) is 24.6 Å². The number of carbonyl (C=O) groups is 1. The quantitative estimate of drug-likeness (QED) is 0.534. The minimum absolute atomic E-state index is 0.0452. The lowest BCUT2D eigenvalue weighted by Crippen LogP contribution is -2.34. The number of hydrogen-bond donors (Lipinski definition) is 1. The maximum Gasteiger partial charge on any atom is 0.418 e. The van der Waals surface area contributed by atoms with Crippen LogP contribution in [0.2, 0.25) is 0 Å². The molecule has 8 nitrogen and oxygen atoms in total. The topological polar surface area (TPSA) is 93.1 Å². The first-order valence-electron chi connectivity index (χ1n) is 10.8. The molecule has 3 atom stereocenters.